The molecule has 2 N–H and O–H groups in total. The highest BCUT2D eigenvalue weighted by atomic mass is 127. The molecule has 164 valence electrons. The van der Waals surface area contributed by atoms with Gasteiger partial charge in [-0.3, -0.25) is 4.99 Å². The van der Waals surface area contributed by atoms with Crippen LogP contribution in [0.15, 0.2) is 47.5 Å². The van der Waals surface area contributed by atoms with Crippen molar-refractivity contribution in [3.63, 3.8) is 0 Å². The van der Waals surface area contributed by atoms with Gasteiger partial charge in [-0.1, -0.05) is 53.5 Å². The summed E-state index contributed by atoms with van der Waals surface area (Å²) < 4.78 is 11.4. The molecule has 1 aliphatic heterocycles. The molecule has 0 atom stereocenters. The van der Waals surface area contributed by atoms with E-state index in [1.807, 2.05) is 12.1 Å². The van der Waals surface area contributed by atoms with Gasteiger partial charge in [-0.15, -0.1) is 24.0 Å². The van der Waals surface area contributed by atoms with E-state index in [1.54, 1.807) is 13.1 Å². The minimum absolute atomic E-state index is 0. The monoisotopic (exact) mass is 563 g/mol. The lowest BCUT2D eigenvalue weighted by Crippen LogP contribution is -2.36. The average molecular weight is 564 g/mol. The van der Waals surface area contributed by atoms with Gasteiger partial charge < -0.3 is 20.1 Å². The number of rotatable bonds is 7. The molecule has 0 radical (unpaired) electrons. The Morgan fingerprint density at radius 1 is 1.07 bits per heavy atom. The molecule has 2 aromatic rings. The van der Waals surface area contributed by atoms with Gasteiger partial charge in [-0.2, -0.15) is 0 Å². The van der Waals surface area contributed by atoms with Crippen LogP contribution in [0.1, 0.15) is 29.5 Å². The number of aliphatic imine (C=N–C) groups is 1. The summed E-state index contributed by atoms with van der Waals surface area (Å²) in [7, 11) is 1.75. The normalized spacial score (nSPS) is 14.8. The third-order valence-electron chi connectivity index (χ3n) is 4.79. The minimum Gasteiger partial charge on any atom is -0.381 e. The van der Waals surface area contributed by atoms with E-state index in [4.69, 9.17) is 32.7 Å². The van der Waals surface area contributed by atoms with Crippen LogP contribution in [0.5, 0.6) is 0 Å². The Hall–Kier alpha value is -1.06. The smallest absolute Gasteiger partial charge is 0.191 e. The van der Waals surface area contributed by atoms with E-state index >= 15 is 0 Å². The molecule has 8 heteroatoms. The van der Waals surface area contributed by atoms with Crippen LogP contribution in [-0.4, -0.2) is 32.3 Å². The second-order valence-corrected chi connectivity index (χ2v) is 7.80. The summed E-state index contributed by atoms with van der Waals surface area (Å²) in [5.74, 6) is 0.708. The van der Waals surface area contributed by atoms with Gasteiger partial charge in [-0.05, 0) is 41.7 Å². The maximum Gasteiger partial charge on any atom is 0.191 e. The van der Waals surface area contributed by atoms with E-state index in [-0.39, 0.29) is 24.0 Å². The molecule has 5 nitrogen and oxygen atoms in total. The second kappa shape index (κ2) is 13.4. The van der Waals surface area contributed by atoms with Gasteiger partial charge in [0.05, 0.1) is 12.7 Å². The van der Waals surface area contributed by atoms with Gasteiger partial charge in [0.15, 0.2) is 5.96 Å². The van der Waals surface area contributed by atoms with E-state index in [2.05, 4.69) is 39.9 Å². The molecular weight excluding hydrogens is 536 g/mol. The van der Waals surface area contributed by atoms with Crippen LogP contribution in [0.2, 0.25) is 10.0 Å². The van der Waals surface area contributed by atoms with Crippen LogP contribution in [-0.2, 0) is 29.2 Å². The van der Waals surface area contributed by atoms with E-state index in [9.17, 15) is 0 Å². The number of guanidine groups is 1. The molecule has 0 bridgehead atoms. The summed E-state index contributed by atoms with van der Waals surface area (Å²) in [6, 6.07) is 13.9. The van der Waals surface area contributed by atoms with Gasteiger partial charge in [-0.25, -0.2) is 0 Å². The lowest BCUT2D eigenvalue weighted by atomic mass is 10.1. The Kier molecular flexibility index (Phi) is 11.2. The van der Waals surface area contributed by atoms with Crippen molar-refractivity contribution in [2.24, 2.45) is 4.99 Å². The van der Waals surface area contributed by atoms with Gasteiger partial charge in [0.1, 0.15) is 0 Å². The van der Waals surface area contributed by atoms with E-state index < -0.39 is 0 Å². The van der Waals surface area contributed by atoms with Crippen LogP contribution in [0.3, 0.4) is 0 Å². The molecule has 3 rings (SSSR count). The summed E-state index contributed by atoms with van der Waals surface area (Å²) in [5.41, 5.74) is 3.31. The standard InChI is InChI=1S/C22H27Cl2N3O2.HI/c1-25-22(27-14-18-5-6-19(23)12-21(18)24)26-13-16-3-2-4-17(11-16)15-29-20-7-9-28-10-8-20;/h2-6,11-12,20H,7-10,13-15H2,1H3,(H2,25,26,27);1H. The third-order valence-corrected chi connectivity index (χ3v) is 5.38. The van der Waals surface area contributed by atoms with Crippen molar-refractivity contribution in [1.82, 2.24) is 10.6 Å². The average Bonchev–Trinajstić information content (AvgIpc) is 2.74. The van der Waals surface area contributed by atoms with E-state index in [1.165, 1.54) is 11.1 Å². The molecule has 0 aliphatic carbocycles. The lowest BCUT2D eigenvalue weighted by Gasteiger charge is -2.22. The first-order chi connectivity index (χ1) is 14.1. The number of halogens is 3. The van der Waals surface area contributed by atoms with Crippen molar-refractivity contribution in [1.29, 1.82) is 0 Å². The fourth-order valence-electron chi connectivity index (χ4n) is 3.14. The zero-order valence-electron chi connectivity index (χ0n) is 17.0. The molecule has 0 aromatic heterocycles. The van der Waals surface area contributed by atoms with Crippen molar-refractivity contribution in [3.8, 4) is 0 Å². The summed E-state index contributed by atoms with van der Waals surface area (Å²) >= 11 is 12.2. The first-order valence-electron chi connectivity index (χ1n) is 9.79. The zero-order valence-corrected chi connectivity index (χ0v) is 20.8. The highest BCUT2D eigenvalue weighted by Gasteiger charge is 2.14. The largest absolute Gasteiger partial charge is 0.381 e. The summed E-state index contributed by atoms with van der Waals surface area (Å²) in [6.45, 7) is 3.44. The Morgan fingerprint density at radius 3 is 2.53 bits per heavy atom. The van der Waals surface area contributed by atoms with Crippen LogP contribution in [0.25, 0.3) is 0 Å². The van der Waals surface area contributed by atoms with E-state index in [0.717, 1.165) is 31.6 Å². The van der Waals surface area contributed by atoms with Crippen LogP contribution in [0.4, 0.5) is 0 Å². The molecule has 0 amide bonds. The molecule has 30 heavy (non-hydrogen) atoms. The van der Waals surface area contributed by atoms with Crippen molar-refractivity contribution < 1.29 is 9.47 Å². The lowest BCUT2D eigenvalue weighted by molar-refractivity contribution is -0.0390. The number of nitrogens with one attached hydrogen (secondary N) is 2. The molecule has 1 fully saturated rings. The van der Waals surface area contributed by atoms with Gasteiger partial charge in [0.2, 0.25) is 0 Å². The van der Waals surface area contributed by atoms with Crippen LogP contribution >= 0.6 is 47.2 Å². The topological polar surface area (TPSA) is 54.9 Å². The van der Waals surface area contributed by atoms with Gasteiger partial charge >= 0.3 is 0 Å². The Morgan fingerprint density at radius 2 is 1.80 bits per heavy atom. The number of nitrogens with zero attached hydrogens (tertiary/aromatic N) is 1. The summed E-state index contributed by atoms with van der Waals surface area (Å²) in [5, 5.41) is 7.87. The van der Waals surface area contributed by atoms with Crippen molar-refractivity contribution >= 4 is 53.1 Å². The Balaban J connectivity index is 0.00000320. The van der Waals surface area contributed by atoms with Gasteiger partial charge in [0, 0.05) is 43.4 Å². The zero-order chi connectivity index (χ0) is 20.5. The first kappa shape index (κ1) is 25.2. The van der Waals surface area contributed by atoms with Crippen molar-refractivity contribution in [3.05, 3.63) is 69.2 Å². The molecule has 1 heterocycles. The van der Waals surface area contributed by atoms with Gasteiger partial charge in [0.25, 0.3) is 0 Å². The molecule has 0 saturated carbocycles. The van der Waals surface area contributed by atoms with Crippen LogP contribution in [0, 0.1) is 0 Å². The van der Waals surface area contributed by atoms with Crippen LogP contribution < -0.4 is 10.6 Å². The Bertz CT molecular complexity index is 830. The molecule has 1 aliphatic rings. The highest BCUT2D eigenvalue weighted by molar-refractivity contribution is 14.0. The maximum atomic E-state index is 6.23. The molecule has 1 saturated heterocycles. The fourth-order valence-corrected chi connectivity index (χ4v) is 3.61. The number of hydrogen-bond donors (Lipinski definition) is 2. The number of ether oxygens (including phenoxy) is 2. The first-order valence-corrected chi connectivity index (χ1v) is 10.6. The quantitative estimate of drug-likeness (QED) is 0.277. The fraction of sp³-hybridized carbons (Fsp3) is 0.409. The SMILES string of the molecule is CN=C(NCc1cccc(COC2CCOCC2)c1)NCc1ccc(Cl)cc1Cl.I. The second-order valence-electron chi connectivity index (χ2n) is 6.96. The predicted molar refractivity (Wildman–Crippen MR) is 134 cm³/mol. The third kappa shape index (κ3) is 8.23. The summed E-state index contributed by atoms with van der Waals surface area (Å²) in [4.78, 5) is 4.27. The van der Waals surface area contributed by atoms with Crippen molar-refractivity contribution in [2.75, 3.05) is 20.3 Å². The molecular formula is C22H28Cl2IN3O2. The van der Waals surface area contributed by atoms with Crippen molar-refractivity contribution in [2.45, 2.75) is 38.6 Å². The highest BCUT2D eigenvalue weighted by Crippen LogP contribution is 2.20. The minimum atomic E-state index is 0. The number of hydrogen-bond acceptors (Lipinski definition) is 3. The molecule has 0 unspecified atom stereocenters. The maximum absolute atomic E-state index is 6.23. The molecule has 0 spiro atoms. The Labute approximate surface area is 205 Å². The number of benzene rings is 2. The molecule has 2 aromatic carbocycles. The predicted octanol–water partition coefficient (Wildman–Crippen LogP) is 5.17. The van der Waals surface area contributed by atoms with E-state index in [0.29, 0.717) is 41.8 Å². The summed E-state index contributed by atoms with van der Waals surface area (Å²) in [6.07, 6.45) is 2.25.